The van der Waals surface area contributed by atoms with Crippen molar-refractivity contribution in [2.45, 2.75) is 26.3 Å². The van der Waals surface area contributed by atoms with Gasteiger partial charge in [-0.3, -0.25) is 0 Å². The summed E-state index contributed by atoms with van der Waals surface area (Å²) in [4.78, 5) is 21.7. The third kappa shape index (κ3) is 3.16. The highest BCUT2D eigenvalue weighted by molar-refractivity contribution is 7.16. The lowest BCUT2D eigenvalue weighted by molar-refractivity contribution is 0.0594. The van der Waals surface area contributed by atoms with E-state index in [-0.39, 0.29) is 11.2 Å². The summed E-state index contributed by atoms with van der Waals surface area (Å²) in [6.07, 6.45) is 3.56. The topological polar surface area (TPSA) is 81.4 Å². The van der Waals surface area contributed by atoms with E-state index >= 15 is 0 Å². The lowest BCUT2D eigenvalue weighted by Crippen LogP contribution is -2.27. The normalized spacial score (nSPS) is 11.7. The number of thiazole rings is 1. The van der Waals surface area contributed by atoms with Crippen molar-refractivity contribution in [2.75, 3.05) is 12.4 Å². The molecule has 0 amide bonds. The Morgan fingerprint density at radius 3 is 2.83 bits per heavy atom. The van der Waals surface area contributed by atoms with E-state index in [2.05, 4.69) is 20.4 Å². The van der Waals surface area contributed by atoms with Gasteiger partial charge in [-0.05, 0) is 20.8 Å². The second-order valence-electron chi connectivity index (χ2n) is 6.04. The number of ether oxygens (including phenoxy) is 1. The second-order valence-corrected chi connectivity index (χ2v) is 6.93. The molecular formula is C15H17N5O2S. The van der Waals surface area contributed by atoms with E-state index in [1.807, 2.05) is 32.3 Å². The Balaban J connectivity index is 2.13. The minimum absolute atomic E-state index is 0.198. The van der Waals surface area contributed by atoms with Crippen LogP contribution in [0.25, 0.3) is 16.2 Å². The number of fused-ring (bicyclic) bond motifs is 1. The van der Waals surface area contributed by atoms with Gasteiger partial charge in [0.05, 0.1) is 18.9 Å². The molecule has 0 spiro atoms. The molecule has 3 aromatic heterocycles. The molecule has 0 unspecified atom stereocenters. The molecule has 0 radical (unpaired) electrons. The zero-order valence-corrected chi connectivity index (χ0v) is 14.1. The highest BCUT2D eigenvalue weighted by atomic mass is 32.1. The van der Waals surface area contributed by atoms with Crippen molar-refractivity contribution in [1.82, 2.24) is 19.6 Å². The average molecular weight is 331 g/mol. The molecular weight excluding hydrogens is 314 g/mol. The van der Waals surface area contributed by atoms with Crippen molar-refractivity contribution >= 4 is 28.0 Å². The molecule has 1 N–H and O–H groups in total. The van der Waals surface area contributed by atoms with Crippen molar-refractivity contribution < 1.29 is 9.53 Å². The fourth-order valence-electron chi connectivity index (χ4n) is 2.11. The SMILES string of the molecule is COC(=O)c1cc(NC(C)(C)C)nc(-c2cnn3ccsc23)n1. The molecule has 7 nitrogen and oxygen atoms in total. The van der Waals surface area contributed by atoms with Gasteiger partial charge in [-0.2, -0.15) is 5.10 Å². The number of aromatic nitrogens is 4. The largest absolute Gasteiger partial charge is 0.464 e. The van der Waals surface area contributed by atoms with Crippen LogP contribution in [0.1, 0.15) is 31.3 Å². The summed E-state index contributed by atoms with van der Waals surface area (Å²) in [5, 5.41) is 9.46. The molecule has 0 saturated carbocycles. The first-order chi connectivity index (χ1) is 10.9. The van der Waals surface area contributed by atoms with Gasteiger partial charge in [0, 0.05) is 23.2 Å². The summed E-state index contributed by atoms with van der Waals surface area (Å²) in [6, 6.07) is 1.59. The third-order valence-corrected chi connectivity index (χ3v) is 3.88. The summed E-state index contributed by atoms with van der Waals surface area (Å²) in [5.74, 6) is 0.510. The molecule has 0 aliphatic heterocycles. The van der Waals surface area contributed by atoms with Crippen molar-refractivity contribution in [3.05, 3.63) is 29.5 Å². The maximum Gasteiger partial charge on any atom is 0.356 e. The number of hydrogen-bond acceptors (Lipinski definition) is 7. The highest BCUT2D eigenvalue weighted by Crippen LogP contribution is 2.27. The van der Waals surface area contributed by atoms with Crippen molar-refractivity contribution in [2.24, 2.45) is 0 Å². The number of carbonyl (C=O) groups excluding carboxylic acids is 1. The fourth-order valence-corrected chi connectivity index (χ4v) is 2.90. The smallest absolute Gasteiger partial charge is 0.356 e. The Kier molecular flexibility index (Phi) is 3.77. The molecule has 0 bridgehead atoms. The monoisotopic (exact) mass is 331 g/mol. The molecule has 23 heavy (non-hydrogen) atoms. The van der Waals surface area contributed by atoms with Gasteiger partial charge in [-0.1, -0.05) is 0 Å². The van der Waals surface area contributed by atoms with Crippen LogP contribution in [0, 0.1) is 0 Å². The molecule has 3 rings (SSSR count). The van der Waals surface area contributed by atoms with E-state index in [1.54, 1.807) is 16.8 Å². The van der Waals surface area contributed by atoms with Crippen LogP contribution in [0.5, 0.6) is 0 Å². The third-order valence-electron chi connectivity index (χ3n) is 3.00. The zero-order valence-electron chi connectivity index (χ0n) is 13.3. The summed E-state index contributed by atoms with van der Waals surface area (Å²) in [5.41, 5.74) is 0.791. The molecule has 0 saturated heterocycles. The zero-order chi connectivity index (χ0) is 16.6. The van der Waals surface area contributed by atoms with Gasteiger partial charge in [0.15, 0.2) is 11.5 Å². The Bertz CT molecular complexity index is 862. The van der Waals surface area contributed by atoms with Crippen LogP contribution in [-0.2, 0) is 4.74 Å². The molecule has 0 aromatic carbocycles. The number of nitrogens with one attached hydrogen (secondary N) is 1. The van der Waals surface area contributed by atoms with Crippen LogP contribution in [0.15, 0.2) is 23.8 Å². The van der Waals surface area contributed by atoms with Crippen LogP contribution in [0.2, 0.25) is 0 Å². The summed E-state index contributed by atoms with van der Waals surface area (Å²) in [6.45, 7) is 6.05. The molecule has 3 heterocycles. The van der Waals surface area contributed by atoms with Crippen LogP contribution in [0.4, 0.5) is 5.82 Å². The summed E-state index contributed by atoms with van der Waals surface area (Å²) in [7, 11) is 1.33. The predicted octanol–water partition coefficient (Wildman–Crippen LogP) is 2.85. The standard InChI is InChI=1S/C15H17N5O2S/c1-15(2,3)19-11-7-10(14(21)22-4)17-12(18-11)9-8-16-20-5-6-23-13(9)20/h5-8H,1-4H3,(H,17,18,19). The van der Waals surface area contributed by atoms with Crippen molar-refractivity contribution in [3.63, 3.8) is 0 Å². The quantitative estimate of drug-likeness (QED) is 0.743. The van der Waals surface area contributed by atoms with E-state index in [4.69, 9.17) is 4.74 Å². The van der Waals surface area contributed by atoms with Crippen LogP contribution in [-0.4, -0.2) is 38.2 Å². The van der Waals surface area contributed by atoms with Crippen LogP contribution < -0.4 is 5.32 Å². The Labute approximate surface area is 137 Å². The number of esters is 1. The van der Waals surface area contributed by atoms with Gasteiger partial charge in [0.25, 0.3) is 0 Å². The maximum absolute atomic E-state index is 11.9. The van der Waals surface area contributed by atoms with Crippen molar-refractivity contribution in [3.8, 4) is 11.4 Å². The van der Waals surface area contributed by atoms with E-state index in [0.717, 1.165) is 10.4 Å². The van der Waals surface area contributed by atoms with Gasteiger partial charge >= 0.3 is 5.97 Å². The molecule has 0 atom stereocenters. The number of carbonyl (C=O) groups is 1. The number of anilines is 1. The van der Waals surface area contributed by atoms with Gasteiger partial charge in [-0.15, -0.1) is 11.3 Å². The number of nitrogens with zero attached hydrogens (tertiary/aromatic N) is 4. The fraction of sp³-hybridized carbons (Fsp3) is 0.333. The molecule has 0 aliphatic rings. The molecule has 3 aromatic rings. The van der Waals surface area contributed by atoms with Gasteiger partial charge in [-0.25, -0.2) is 19.3 Å². The van der Waals surface area contributed by atoms with Crippen LogP contribution >= 0.6 is 11.3 Å². The Morgan fingerprint density at radius 1 is 1.35 bits per heavy atom. The number of methoxy groups -OCH3 is 1. The molecule has 120 valence electrons. The highest BCUT2D eigenvalue weighted by Gasteiger charge is 2.19. The average Bonchev–Trinajstić information content (AvgIpc) is 3.06. The minimum atomic E-state index is -0.500. The number of hydrogen-bond donors (Lipinski definition) is 1. The molecule has 0 aliphatic carbocycles. The summed E-state index contributed by atoms with van der Waals surface area (Å²) >= 11 is 1.54. The molecule has 0 fully saturated rings. The number of rotatable bonds is 3. The second kappa shape index (κ2) is 5.62. The first-order valence-corrected chi connectivity index (χ1v) is 7.92. The minimum Gasteiger partial charge on any atom is -0.464 e. The molecule has 8 heteroatoms. The van der Waals surface area contributed by atoms with Gasteiger partial charge in [0.2, 0.25) is 0 Å². The predicted molar refractivity (Wildman–Crippen MR) is 88.8 cm³/mol. The Hall–Kier alpha value is -2.48. The Morgan fingerprint density at radius 2 is 2.13 bits per heavy atom. The van der Waals surface area contributed by atoms with E-state index in [1.165, 1.54) is 18.4 Å². The van der Waals surface area contributed by atoms with E-state index in [9.17, 15) is 4.79 Å². The van der Waals surface area contributed by atoms with E-state index in [0.29, 0.717) is 11.6 Å². The maximum atomic E-state index is 11.9. The van der Waals surface area contributed by atoms with E-state index < -0.39 is 5.97 Å². The van der Waals surface area contributed by atoms with Crippen LogP contribution in [0.3, 0.4) is 0 Å². The van der Waals surface area contributed by atoms with Crippen molar-refractivity contribution in [1.29, 1.82) is 0 Å². The first kappa shape index (κ1) is 15.4. The first-order valence-electron chi connectivity index (χ1n) is 7.04. The lowest BCUT2D eigenvalue weighted by Gasteiger charge is -2.21. The van der Waals surface area contributed by atoms with Gasteiger partial charge in [0.1, 0.15) is 10.6 Å². The lowest BCUT2D eigenvalue weighted by atomic mass is 10.1. The van der Waals surface area contributed by atoms with Gasteiger partial charge < -0.3 is 10.1 Å². The summed E-state index contributed by atoms with van der Waals surface area (Å²) < 4.78 is 6.55.